The van der Waals surface area contributed by atoms with E-state index in [1.807, 2.05) is 19.1 Å². The number of piperidine rings is 1. The molecule has 0 spiro atoms. The van der Waals surface area contributed by atoms with Crippen LogP contribution in [0.15, 0.2) is 53.9 Å². The number of anilines is 2. The van der Waals surface area contributed by atoms with E-state index in [-0.39, 0.29) is 11.8 Å². The number of hydrogen-bond acceptors (Lipinski definition) is 5. The molecule has 2 aliphatic rings. The standard InChI is InChI=1S/C26H30N4OS/c1-19-27-23(18-32-19)17-29-13-10-21(11-14-29)26(31)28-24-8-4-2-7-22(24)16-30-15-12-20-6-3-5-9-25(20)30/h2-9,18,21H,10-17H2,1H3,(H,28,31). The van der Waals surface area contributed by atoms with Crippen molar-refractivity contribution in [2.75, 3.05) is 29.9 Å². The number of rotatable bonds is 6. The zero-order chi connectivity index (χ0) is 21.9. The highest BCUT2D eigenvalue weighted by Gasteiger charge is 2.26. The van der Waals surface area contributed by atoms with Gasteiger partial charge in [0.1, 0.15) is 0 Å². The number of fused-ring (bicyclic) bond motifs is 1. The van der Waals surface area contributed by atoms with E-state index in [0.717, 1.165) is 68.4 Å². The maximum Gasteiger partial charge on any atom is 0.227 e. The van der Waals surface area contributed by atoms with Crippen LogP contribution in [0.1, 0.15) is 34.7 Å². The normalized spacial score (nSPS) is 16.8. The van der Waals surface area contributed by atoms with Gasteiger partial charge < -0.3 is 10.2 Å². The number of carbonyl (C=O) groups excluding carboxylic acids is 1. The molecular weight excluding hydrogens is 416 g/mol. The number of benzene rings is 2. The van der Waals surface area contributed by atoms with Crippen LogP contribution in [-0.2, 0) is 24.3 Å². The summed E-state index contributed by atoms with van der Waals surface area (Å²) in [5.41, 5.74) is 5.99. The third-order valence-corrected chi connectivity index (χ3v) is 7.45. The molecule has 0 radical (unpaired) electrons. The minimum atomic E-state index is 0.0731. The molecule has 0 bridgehead atoms. The summed E-state index contributed by atoms with van der Waals surface area (Å²) >= 11 is 1.70. The second-order valence-corrected chi connectivity index (χ2v) is 9.92. The lowest BCUT2D eigenvalue weighted by Gasteiger charge is -2.31. The van der Waals surface area contributed by atoms with E-state index in [1.54, 1.807) is 11.3 Å². The van der Waals surface area contributed by atoms with Gasteiger partial charge in [0.2, 0.25) is 5.91 Å². The van der Waals surface area contributed by atoms with Gasteiger partial charge in [-0.15, -0.1) is 11.3 Å². The van der Waals surface area contributed by atoms with Gasteiger partial charge in [-0.1, -0.05) is 36.4 Å². The fourth-order valence-corrected chi connectivity index (χ4v) is 5.46. The van der Waals surface area contributed by atoms with Crippen molar-refractivity contribution in [2.24, 2.45) is 5.92 Å². The first-order valence-electron chi connectivity index (χ1n) is 11.5. The smallest absolute Gasteiger partial charge is 0.227 e. The van der Waals surface area contributed by atoms with E-state index in [1.165, 1.54) is 16.8 Å². The van der Waals surface area contributed by atoms with Crippen molar-refractivity contribution in [2.45, 2.75) is 39.3 Å². The summed E-state index contributed by atoms with van der Waals surface area (Å²) in [5, 5.41) is 6.51. The quantitative estimate of drug-likeness (QED) is 0.587. The number of para-hydroxylation sites is 2. The summed E-state index contributed by atoms with van der Waals surface area (Å²) in [6.07, 6.45) is 2.89. The zero-order valence-corrected chi connectivity index (χ0v) is 19.4. The van der Waals surface area contributed by atoms with Gasteiger partial charge in [0.25, 0.3) is 0 Å². The summed E-state index contributed by atoms with van der Waals surface area (Å²) in [4.78, 5) is 22.5. The number of thiazole rings is 1. The lowest BCUT2D eigenvalue weighted by atomic mass is 9.95. The molecule has 1 N–H and O–H groups in total. The van der Waals surface area contributed by atoms with Gasteiger partial charge >= 0.3 is 0 Å². The number of likely N-dealkylation sites (tertiary alicyclic amines) is 1. The van der Waals surface area contributed by atoms with Crippen LogP contribution in [0, 0.1) is 12.8 Å². The lowest BCUT2D eigenvalue weighted by Crippen LogP contribution is -2.38. The maximum atomic E-state index is 13.1. The van der Waals surface area contributed by atoms with Gasteiger partial charge in [-0.2, -0.15) is 0 Å². The van der Waals surface area contributed by atoms with Crippen LogP contribution in [0.2, 0.25) is 0 Å². The van der Waals surface area contributed by atoms with Crippen molar-refractivity contribution in [3.8, 4) is 0 Å². The highest BCUT2D eigenvalue weighted by atomic mass is 32.1. The Labute approximate surface area is 194 Å². The van der Waals surface area contributed by atoms with E-state index in [2.05, 4.69) is 61.9 Å². The number of nitrogens with one attached hydrogen (secondary N) is 1. The molecule has 1 fully saturated rings. The Morgan fingerprint density at radius 1 is 1.06 bits per heavy atom. The predicted molar refractivity (Wildman–Crippen MR) is 131 cm³/mol. The van der Waals surface area contributed by atoms with Crippen molar-refractivity contribution in [3.63, 3.8) is 0 Å². The Hall–Kier alpha value is -2.70. The summed E-state index contributed by atoms with van der Waals surface area (Å²) in [7, 11) is 0. The Morgan fingerprint density at radius 2 is 1.84 bits per heavy atom. The Morgan fingerprint density at radius 3 is 2.66 bits per heavy atom. The minimum Gasteiger partial charge on any atom is -0.367 e. The van der Waals surface area contributed by atoms with Gasteiger partial charge in [0, 0.05) is 42.3 Å². The van der Waals surface area contributed by atoms with Crippen LogP contribution in [0.4, 0.5) is 11.4 Å². The fourth-order valence-electron chi connectivity index (χ4n) is 4.85. The van der Waals surface area contributed by atoms with E-state index < -0.39 is 0 Å². The summed E-state index contributed by atoms with van der Waals surface area (Å²) in [6.45, 7) is 6.67. The number of carbonyl (C=O) groups is 1. The number of aromatic nitrogens is 1. The van der Waals surface area contributed by atoms with Crippen LogP contribution < -0.4 is 10.2 Å². The summed E-state index contributed by atoms with van der Waals surface area (Å²) in [6, 6.07) is 16.9. The molecule has 166 valence electrons. The average Bonchev–Trinajstić information content (AvgIpc) is 3.41. The van der Waals surface area contributed by atoms with E-state index >= 15 is 0 Å². The van der Waals surface area contributed by atoms with Crippen LogP contribution in [-0.4, -0.2) is 35.4 Å². The molecule has 3 heterocycles. The number of hydrogen-bond donors (Lipinski definition) is 1. The predicted octanol–water partition coefficient (Wildman–Crippen LogP) is 4.86. The molecular formula is C26H30N4OS. The van der Waals surface area contributed by atoms with Crippen molar-refractivity contribution in [1.29, 1.82) is 0 Å². The Kier molecular flexibility index (Phi) is 6.23. The molecule has 0 saturated carbocycles. The van der Waals surface area contributed by atoms with Crippen LogP contribution in [0.25, 0.3) is 0 Å². The zero-order valence-electron chi connectivity index (χ0n) is 18.6. The average molecular weight is 447 g/mol. The number of nitrogens with zero attached hydrogens (tertiary/aromatic N) is 3. The maximum absolute atomic E-state index is 13.1. The highest BCUT2D eigenvalue weighted by Crippen LogP contribution is 2.30. The Balaban J connectivity index is 1.19. The lowest BCUT2D eigenvalue weighted by molar-refractivity contribution is -0.121. The highest BCUT2D eigenvalue weighted by molar-refractivity contribution is 7.09. The third kappa shape index (κ3) is 4.71. The van der Waals surface area contributed by atoms with Crippen molar-refractivity contribution < 1.29 is 4.79 Å². The molecule has 0 aliphatic carbocycles. The number of aryl methyl sites for hydroxylation is 1. The molecule has 1 aromatic heterocycles. The first-order chi connectivity index (χ1) is 15.7. The molecule has 6 heteroatoms. The molecule has 3 aromatic rings. The first-order valence-corrected chi connectivity index (χ1v) is 12.4. The first kappa shape index (κ1) is 21.2. The second kappa shape index (κ2) is 9.43. The van der Waals surface area contributed by atoms with Crippen molar-refractivity contribution in [1.82, 2.24) is 9.88 Å². The second-order valence-electron chi connectivity index (χ2n) is 8.85. The SMILES string of the molecule is Cc1nc(CN2CCC(C(=O)Nc3ccccc3CN3CCc4ccccc43)CC2)cs1. The van der Waals surface area contributed by atoms with Crippen LogP contribution >= 0.6 is 11.3 Å². The molecule has 1 amide bonds. The molecule has 2 aliphatic heterocycles. The Bertz CT molecular complexity index is 1090. The molecule has 2 aromatic carbocycles. The minimum absolute atomic E-state index is 0.0731. The largest absolute Gasteiger partial charge is 0.367 e. The van der Waals surface area contributed by atoms with E-state index in [9.17, 15) is 4.79 Å². The van der Waals surface area contributed by atoms with Gasteiger partial charge in [-0.25, -0.2) is 4.98 Å². The fraction of sp³-hybridized carbons (Fsp3) is 0.385. The molecule has 32 heavy (non-hydrogen) atoms. The topological polar surface area (TPSA) is 48.5 Å². The van der Waals surface area contributed by atoms with Crippen LogP contribution in [0.3, 0.4) is 0 Å². The van der Waals surface area contributed by atoms with Crippen molar-refractivity contribution in [3.05, 3.63) is 75.7 Å². The van der Waals surface area contributed by atoms with Crippen molar-refractivity contribution >= 4 is 28.6 Å². The molecule has 0 atom stereocenters. The molecule has 1 saturated heterocycles. The van der Waals surface area contributed by atoms with Gasteiger partial charge in [0.15, 0.2) is 0 Å². The molecule has 5 nitrogen and oxygen atoms in total. The number of amides is 1. The summed E-state index contributed by atoms with van der Waals surface area (Å²) < 4.78 is 0. The van der Waals surface area contributed by atoms with Gasteiger partial charge in [-0.3, -0.25) is 9.69 Å². The van der Waals surface area contributed by atoms with Gasteiger partial charge in [-0.05, 0) is 62.5 Å². The van der Waals surface area contributed by atoms with Crippen LogP contribution in [0.5, 0.6) is 0 Å². The van der Waals surface area contributed by atoms with E-state index in [0.29, 0.717) is 0 Å². The monoisotopic (exact) mass is 446 g/mol. The molecule has 5 rings (SSSR count). The van der Waals surface area contributed by atoms with E-state index in [4.69, 9.17) is 0 Å². The summed E-state index contributed by atoms with van der Waals surface area (Å²) in [5.74, 6) is 0.229. The molecule has 0 unspecified atom stereocenters. The van der Waals surface area contributed by atoms with Gasteiger partial charge in [0.05, 0.1) is 10.7 Å². The third-order valence-electron chi connectivity index (χ3n) is 6.63.